The molecule has 3 nitrogen and oxygen atoms in total. The molecule has 0 aliphatic heterocycles. The lowest BCUT2D eigenvalue weighted by molar-refractivity contribution is 0.310. The summed E-state index contributed by atoms with van der Waals surface area (Å²) in [5, 5.41) is 3.09. The molecule has 0 atom stereocenters. The Morgan fingerprint density at radius 2 is 1.87 bits per heavy atom. The number of nitrogens with zero attached hydrogens (tertiary/aromatic N) is 1. The summed E-state index contributed by atoms with van der Waals surface area (Å²) in [4.78, 5) is 2.07. The zero-order valence-corrected chi connectivity index (χ0v) is 9.79. The highest BCUT2D eigenvalue weighted by molar-refractivity contribution is 5.47. The third kappa shape index (κ3) is 4.21. The van der Waals surface area contributed by atoms with Crippen LogP contribution >= 0.6 is 0 Å². The first-order chi connectivity index (χ1) is 7.24. The molecule has 0 aliphatic rings. The van der Waals surface area contributed by atoms with Gasteiger partial charge < -0.3 is 15.0 Å². The smallest absolute Gasteiger partial charge is 0.119 e. The Kier molecular flexibility index (Phi) is 4.98. The van der Waals surface area contributed by atoms with Crippen molar-refractivity contribution in [3.8, 4) is 5.75 Å². The third-order valence-electron chi connectivity index (χ3n) is 2.19. The van der Waals surface area contributed by atoms with E-state index in [1.54, 1.807) is 0 Å². The number of anilines is 1. The van der Waals surface area contributed by atoms with Crippen molar-refractivity contribution in [1.82, 2.24) is 5.32 Å². The summed E-state index contributed by atoms with van der Waals surface area (Å²) in [6.07, 6.45) is 1.03. The van der Waals surface area contributed by atoms with Gasteiger partial charge in [-0.1, -0.05) is 0 Å². The van der Waals surface area contributed by atoms with E-state index in [-0.39, 0.29) is 0 Å². The van der Waals surface area contributed by atoms with E-state index in [2.05, 4.69) is 22.3 Å². The quantitative estimate of drug-likeness (QED) is 0.721. The molecular weight excluding hydrogens is 188 g/mol. The highest BCUT2D eigenvalue weighted by Gasteiger charge is 1.96. The summed E-state index contributed by atoms with van der Waals surface area (Å²) in [5.41, 5.74) is 1.19. The number of hydrogen-bond donors (Lipinski definition) is 1. The van der Waals surface area contributed by atoms with Gasteiger partial charge in [0, 0.05) is 19.8 Å². The van der Waals surface area contributed by atoms with Crippen LogP contribution in [0.3, 0.4) is 0 Å². The minimum atomic E-state index is 0.766. The molecule has 0 aliphatic carbocycles. The molecule has 3 heteroatoms. The molecule has 1 aromatic rings. The minimum Gasteiger partial charge on any atom is -0.494 e. The second kappa shape index (κ2) is 6.30. The van der Waals surface area contributed by atoms with Crippen LogP contribution in [-0.2, 0) is 0 Å². The second-order valence-electron chi connectivity index (χ2n) is 3.69. The van der Waals surface area contributed by atoms with Crippen molar-refractivity contribution in [3.63, 3.8) is 0 Å². The van der Waals surface area contributed by atoms with E-state index in [4.69, 9.17) is 4.74 Å². The lowest BCUT2D eigenvalue weighted by Crippen LogP contribution is -2.11. The molecule has 84 valence electrons. The van der Waals surface area contributed by atoms with E-state index in [0.717, 1.165) is 25.3 Å². The maximum atomic E-state index is 5.58. The Labute approximate surface area is 92.0 Å². The number of benzene rings is 1. The summed E-state index contributed by atoms with van der Waals surface area (Å²) in [7, 11) is 6.01. The molecule has 15 heavy (non-hydrogen) atoms. The van der Waals surface area contributed by atoms with Crippen LogP contribution in [0.2, 0.25) is 0 Å². The first kappa shape index (κ1) is 11.9. The van der Waals surface area contributed by atoms with Crippen LogP contribution < -0.4 is 15.0 Å². The van der Waals surface area contributed by atoms with Crippen molar-refractivity contribution in [3.05, 3.63) is 24.3 Å². The first-order valence-electron chi connectivity index (χ1n) is 5.29. The number of hydrogen-bond acceptors (Lipinski definition) is 3. The number of nitrogens with one attached hydrogen (secondary N) is 1. The minimum absolute atomic E-state index is 0.766. The molecule has 0 saturated carbocycles. The maximum absolute atomic E-state index is 5.58. The highest BCUT2D eigenvalue weighted by Crippen LogP contribution is 2.17. The van der Waals surface area contributed by atoms with Crippen molar-refractivity contribution in [2.75, 3.05) is 39.2 Å². The lowest BCUT2D eigenvalue weighted by Gasteiger charge is -2.13. The van der Waals surface area contributed by atoms with Crippen LogP contribution in [0.15, 0.2) is 24.3 Å². The van der Waals surface area contributed by atoms with E-state index in [0.29, 0.717) is 0 Å². The fourth-order valence-corrected chi connectivity index (χ4v) is 1.28. The van der Waals surface area contributed by atoms with Crippen LogP contribution in [0.4, 0.5) is 5.69 Å². The molecule has 0 amide bonds. The predicted molar refractivity (Wildman–Crippen MR) is 64.8 cm³/mol. The van der Waals surface area contributed by atoms with Gasteiger partial charge in [0.1, 0.15) is 5.75 Å². The topological polar surface area (TPSA) is 24.5 Å². The second-order valence-corrected chi connectivity index (χ2v) is 3.69. The van der Waals surface area contributed by atoms with Gasteiger partial charge in [0.2, 0.25) is 0 Å². The Balaban J connectivity index is 2.36. The number of ether oxygens (including phenoxy) is 1. The summed E-state index contributed by atoms with van der Waals surface area (Å²) in [6.45, 7) is 1.76. The van der Waals surface area contributed by atoms with Crippen LogP contribution in [-0.4, -0.2) is 34.3 Å². The lowest BCUT2D eigenvalue weighted by atomic mass is 10.3. The molecule has 0 radical (unpaired) electrons. The molecule has 1 rings (SSSR count). The van der Waals surface area contributed by atoms with Gasteiger partial charge >= 0.3 is 0 Å². The van der Waals surface area contributed by atoms with Gasteiger partial charge in [0.25, 0.3) is 0 Å². The van der Waals surface area contributed by atoms with Gasteiger partial charge in [-0.2, -0.15) is 0 Å². The van der Waals surface area contributed by atoms with Gasteiger partial charge in [-0.25, -0.2) is 0 Å². The van der Waals surface area contributed by atoms with E-state index in [9.17, 15) is 0 Å². The summed E-state index contributed by atoms with van der Waals surface area (Å²) in [6, 6.07) is 8.14. The number of rotatable bonds is 6. The fourth-order valence-electron chi connectivity index (χ4n) is 1.28. The van der Waals surface area contributed by atoms with E-state index >= 15 is 0 Å². The standard InChI is InChI=1S/C12H20N2O/c1-13-9-4-10-15-12-7-5-11(6-8-12)14(2)3/h5-8,13H,4,9-10H2,1-3H3. The van der Waals surface area contributed by atoms with Crippen molar-refractivity contribution in [2.24, 2.45) is 0 Å². The Morgan fingerprint density at radius 3 is 2.40 bits per heavy atom. The van der Waals surface area contributed by atoms with E-state index < -0.39 is 0 Å². The van der Waals surface area contributed by atoms with Gasteiger partial charge in [0.15, 0.2) is 0 Å². The largest absolute Gasteiger partial charge is 0.494 e. The summed E-state index contributed by atoms with van der Waals surface area (Å²) in [5.74, 6) is 0.941. The van der Waals surface area contributed by atoms with Crippen LogP contribution in [0.25, 0.3) is 0 Å². The highest BCUT2D eigenvalue weighted by atomic mass is 16.5. The van der Waals surface area contributed by atoms with Crippen LogP contribution in [0.5, 0.6) is 5.75 Å². The monoisotopic (exact) mass is 208 g/mol. The molecule has 0 bridgehead atoms. The van der Waals surface area contributed by atoms with Gasteiger partial charge in [0.05, 0.1) is 6.61 Å². The molecule has 1 aromatic carbocycles. The normalized spacial score (nSPS) is 10.1. The first-order valence-corrected chi connectivity index (χ1v) is 5.29. The van der Waals surface area contributed by atoms with Crippen molar-refractivity contribution < 1.29 is 4.74 Å². The molecule has 0 heterocycles. The third-order valence-corrected chi connectivity index (χ3v) is 2.19. The Bertz CT molecular complexity index is 269. The predicted octanol–water partition coefficient (Wildman–Crippen LogP) is 1.74. The van der Waals surface area contributed by atoms with Crippen molar-refractivity contribution in [1.29, 1.82) is 0 Å². The Morgan fingerprint density at radius 1 is 1.20 bits per heavy atom. The van der Waals surface area contributed by atoms with Gasteiger partial charge in [-0.3, -0.25) is 0 Å². The van der Waals surface area contributed by atoms with Gasteiger partial charge in [-0.15, -0.1) is 0 Å². The van der Waals surface area contributed by atoms with E-state index in [1.807, 2.05) is 33.3 Å². The zero-order valence-electron chi connectivity index (χ0n) is 9.79. The maximum Gasteiger partial charge on any atom is 0.119 e. The molecule has 0 spiro atoms. The van der Waals surface area contributed by atoms with Gasteiger partial charge in [-0.05, 0) is 44.3 Å². The SMILES string of the molecule is CNCCCOc1ccc(N(C)C)cc1. The molecular formula is C12H20N2O. The van der Waals surface area contributed by atoms with Crippen LogP contribution in [0, 0.1) is 0 Å². The molecule has 0 unspecified atom stereocenters. The zero-order chi connectivity index (χ0) is 11.1. The van der Waals surface area contributed by atoms with E-state index in [1.165, 1.54) is 5.69 Å². The van der Waals surface area contributed by atoms with Crippen molar-refractivity contribution >= 4 is 5.69 Å². The molecule has 0 aromatic heterocycles. The summed E-state index contributed by atoms with van der Waals surface area (Å²) < 4.78 is 5.58. The molecule has 0 saturated heterocycles. The van der Waals surface area contributed by atoms with Crippen LogP contribution in [0.1, 0.15) is 6.42 Å². The molecule has 0 fully saturated rings. The fraction of sp³-hybridized carbons (Fsp3) is 0.500. The Hall–Kier alpha value is -1.22. The average molecular weight is 208 g/mol. The molecule has 1 N–H and O–H groups in total. The van der Waals surface area contributed by atoms with Crippen molar-refractivity contribution in [2.45, 2.75) is 6.42 Å². The summed E-state index contributed by atoms with van der Waals surface area (Å²) >= 11 is 0. The average Bonchev–Trinajstić information content (AvgIpc) is 2.25.